The van der Waals surface area contributed by atoms with Crippen molar-refractivity contribution in [2.75, 3.05) is 5.32 Å². The molecule has 0 aliphatic heterocycles. The number of amides is 1. The van der Waals surface area contributed by atoms with Crippen LogP contribution in [0.5, 0.6) is 0 Å². The zero-order chi connectivity index (χ0) is 17.4. The van der Waals surface area contributed by atoms with Gasteiger partial charge in [-0.05, 0) is 42.1 Å². The predicted octanol–water partition coefficient (Wildman–Crippen LogP) is 5.35. The molecular formula is C14H9F6NOS. The second kappa shape index (κ2) is 5.88. The van der Waals surface area contributed by atoms with E-state index >= 15 is 0 Å². The van der Waals surface area contributed by atoms with Gasteiger partial charge < -0.3 is 5.32 Å². The number of hydrogen-bond donors (Lipinski definition) is 1. The van der Waals surface area contributed by atoms with Gasteiger partial charge >= 0.3 is 12.4 Å². The van der Waals surface area contributed by atoms with Crippen LogP contribution in [0.1, 0.15) is 26.4 Å². The zero-order valence-electron chi connectivity index (χ0n) is 11.5. The second-order valence-electron chi connectivity index (χ2n) is 4.74. The molecule has 2 nitrogen and oxygen atoms in total. The summed E-state index contributed by atoms with van der Waals surface area (Å²) < 4.78 is 76.3. The number of benzene rings is 1. The maximum atomic E-state index is 12.7. The average molecular weight is 353 g/mol. The molecule has 0 atom stereocenters. The molecule has 1 amide bonds. The molecule has 1 N–H and O–H groups in total. The highest BCUT2D eigenvalue weighted by atomic mass is 32.1. The molecular weight excluding hydrogens is 344 g/mol. The van der Waals surface area contributed by atoms with E-state index in [4.69, 9.17) is 0 Å². The first kappa shape index (κ1) is 17.3. The zero-order valence-corrected chi connectivity index (χ0v) is 12.3. The van der Waals surface area contributed by atoms with E-state index in [2.05, 4.69) is 5.32 Å². The van der Waals surface area contributed by atoms with Crippen LogP contribution in [0.25, 0.3) is 0 Å². The van der Waals surface area contributed by atoms with Crippen molar-refractivity contribution in [2.45, 2.75) is 19.3 Å². The molecule has 0 aliphatic rings. The lowest BCUT2D eigenvalue weighted by atomic mass is 10.1. The summed E-state index contributed by atoms with van der Waals surface area (Å²) in [4.78, 5) is 12.1. The number of hydrogen-bond acceptors (Lipinski definition) is 2. The van der Waals surface area contributed by atoms with Crippen molar-refractivity contribution >= 4 is 22.9 Å². The summed E-state index contributed by atoms with van der Waals surface area (Å²) in [6, 6.07) is 2.42. The molecule has 23 heavy (non-hydrogen) atoms. The van der Waals surface area contributed by atoms with E-state index in [0.717, 1.165) is 16.9 Å². The lowest BCUT2D eigenvalue weighted by Crippen LogP contribution is -2.15. The van der Waals surface area contributed by atoms with Gasteiger partial charge in [-0.1, -0.05) is 0 Å². The van der Waals surface area contributed by atoms with Crippen LogP contribution in [0.15, 0.2) is 29.6 Å². The van der Waals surface area contributed by atoms with Crippen molar-refractivity contribution < 1.29 is 31.1 Å². The number of carbonyl (C=O) groups excluding carboxylic acids is 1. The van der Waals surface area contributed by atoms with Crippen LogP contribution in [-0.4, -0.2) is 5.91 Å². The van der Waals surface area contributed by atoms with E-state index in [0.29, 0.717) is 12.1 Å². The Morgan fingerprint density at radius 1 is 0.957 bits per heavy atom. The largest absolute Gasteiger partial charge is 0.416 e. The fraction of sp³-hybridized carbons (Fsp3) is 0.214. The van der Waals surface area contributed by atoms with E-state index in [-0.39, 0.29) is 10.9 Å². The van der Waals surface area contributed by atoms with Gasteiger partial charge in [-0.15, -0.1) is 11.3 Å². The summed E-state index contributed by atoms with van der Waals surface area (Å²) in [6.45, 7) is 1.71. The Balaban J connectivity index is 2.39. The number of alkyl halides is 6. The number of halogens is 6. The smallest absolute Gasteiger partial charge is 0.321 e. The van der Waals surface area contributed by atoms with Crippen LogP contribution in [0, 0.1) is 6.92 Å². The quantitative estimate of drug-likeness (QED) is 0.725. The second-order valence-corrected chi connectivity index (χ2v) is 5.65. The highest BCUT2D eigenvalue weighted by molar-refractivity contribution is 7.12. The molecule has 2 rings (SSSR count). The average Bonchev–Trinajstić information content (AvgIpc) is 2.83. The number of thiophene rings is 1. The third kappa shape index (κ3) is 4.25. The number of aryl methyl sites for hydroxylation is 1. The fourth-order valence-corrected chi connectivity index (χ4v) is 2.56. The Morgan fingerprint density at radius 3 is 1.87 bits per heavy atom. The van der Waals surface area contributed by atoms with E-state index in [9.17, 15) is 31.1 Å². The van der Waals surface area contributed by atoms with Crippen molar-refractivity contribution in [3.8, 4) is 0 Å². The van der Waals surface area contributed by atoms with Gasteiger partial charge in [0.1, 0.15) is 0 Å². The summed E-state index contributed by atoms with van der Waals surface area (Å²) in [6.07, 6.45) is -9.92. The van der Waals surface area contributed by atoms with Crippen molar-refractivity contribution in [3.05, 3.63) is 51.2 Å². The van der Waals surface area contributed by atoms with Gasteiger partial charge in [-0.3, -0.25) is 4.79 Å². The summed E-state index contributed by atoms with van der Waals surface area (Å²) in [5.74, 6) is -0.768. The highest BCUT2D eigenvalue weighted by Crippen LogP contribution is 2.37. The molecule has 0 bridgehead atoms. The lowest BCUT2D eigenvalue weighted by Gasteiger charge is -2.14. The van der Waals surface area contributed by atoms with Crippen molar-refractivity contribution in [1.82, 2.24) is 0 Å². The molecule has 1 aromatic carbocycles. The fourth-order valence-electron chi connectivity index (χ4n) is 1.77. The van der Waals surface area contributed by atoms with Crippen molar-refractivity contribution in [2.24, 2.45) is 0 Å². The van der Waals surface area contributed by atoms with Crippen molar-refractivity contribution in [1.29, 1.82) is 0 Å². The number of rotatable bonds is 2. The monoisotopic (exact) mass is 353 g/mol. The third-order valence-corrected chi connectivity index (χ3v) is 3.85. The summed E-state index contributed by atoms with van der Waals surface area (Å²) in [7, 11) is 0. The molecule has 9 heteroatoms. The first-order valence-corrected chi connectivity index (χ1v) is 7.01. The van der Waals surface area contributed by atoms with E-state index in [1.165, 1.54) is 6.07 Å². The molecule has 124 valence electrons. The Bertz CT molecular complexity index is 699. The van der Waals surface area contributed by atoms with Crippen LogP contribution in [-0.2, 0) is 12.4 Å². The molecule has 0 fully saturated rings. The Morgan fingerprint density at radius 2 is 1.48 bits per heavy atom. The molecule has 1 aromatic heterocycles. The van der Waals surface area contributed by atoms with Crippen LogP contribution >= 0.6 is 11.3 Å². The number of anilines is 1. The summed E-state index contributed by atoms with van der Waals surface area (Å²) >= 11 is 1.04. The first-order valence-electron chi connectivity index (χ1n) is 6.13. The van der Waals surface area contributed by atoms with Gasteiger partial charge in [-0.2, -0.15) is 26.3 Å². The van der Waals surface area contributed by atoms with Crippen molar-refractivity contribution in [3.63, 3.8) is 0 Å². The molecule has 0 radical (unpaired) electrons. The van der Waals surface area contributed by atoms with Crippen LogP contribution < -0.4 is 5.32 Å². The minimum atomic E-state index is -4.96. The maximum absolute atomic E-state index is 12.7. The highest BCUT2D eigenvalue weighted by Gasteiger charge is 2.37. The molecule has 0 unspecified atom stereocenters. The van der Waals surface area contributed by atoms with Gasteiger partial charge in [0, 0.05) is 5.69 Å². The Kier molecular flexibility index (Phi) is 4.43. The third-order valence-electron chi connectivity index (χ3n) is 2.80. The molecule has 0 spiro atoms. The van der Waals surface area contributed by atoms with E-state index < -0.39 is 35.1 Å². The van der Waals surface area contributed by atoms with Gasteiger partial charge in [0.15, 0.2) is 0 Å². The van der Waals surface area contributed by atoms with Gasteiger partial charge in [0.25, 0.3) is 5.91 Å². The maximum Gasteiger partial charge on any atom is 0.416 e. The standard InChI is InChI=1S/C14H9F6NOS/c1-7-2-11(23-6-7)12(22)21-10-4-8(13(15,16)17)3-9(5-10)14(18,19)20/h2-6H,1H3,(H,21,22). The number of nitrogens with one attached hydrogen (secondary N) is 1. The van der Waals surface area contributed by atoms with E-state index in [1.54, 1.807) is 12.3 Å². The Labute approximate surface area is 130 Å². The molecule has 0 saturated carbocycles. The van der Waals surface area contributed by atoms with Gasteiger partial charge in [0.2, 0.25) is 0 Å². The summed E-state index contributed by atoms with van der Waals surface area (Å²) in [5, 5.41) is 3.71. The minimum Gasteiger partial charge on any atom is -0.321 e. The predicted molar refractivity (Wildman–Crippen MR) is 73.5 cm³/mol. The van der Waals surface area contributed by atoms with Crippen LogP contribution in [0.4, 0.5) is 32.0 Å². The van der Waals surface area contributed by atoms with Gasteiger partial charge in [0.05, 0.1) is 16.0 Å². The molecule has 0 aliphatic carbocycles. The molecule has 1 heterocycles. The minimum absolute atomic E-state index is 0.00491. The topological polar surface area (TPSA) is 29.1 Å². The Hall–Kier alpha value is -2.03. The van der Waals surface area contributed by atoms with E-state index in [1.807, 2.05) is 0 Å². The molecule has 2 aromatic rings. The van der Waals surface area contributed by atoms with Crippen LogP contribution in [0.3, 0.4) is 0 Å². The lowest BCUT2D eigenvalue weighted by molar-refractivity contribution is -0.143. The van der Waals surface area contributed by atoms with Gasteiger partial charge in [-0.25, -0.2) is 0 Å². The first-order chi connectivity index (χ1) is 10.5. The SMILES string of the molecule is Cc1csc(C(=O)Nc2cc(C(F)(F)F)cc(C(F)(F)F)c2)c1. The van der Waals surface area contributed by atoms with Crippen LogP contribution in [0.2, 0.25) is 0 Å². The summed E-state index contributed by atoms with van der Waals surface area (Å²) in [5.41, 5.74) is -2.77. The number of carbonyl (C=O) groups is 1. The molecule has 0 saturated heterocycles. The normalized spacial score (nSPS) is 12.3.